The Morgan fingerprint density at radius 3 is 2.59 bits per heavy atom. The van der Waals surface area contributed by atoms with Crippen molar-refractivity contribution in [1.82, 2.24) is 0 Å². The molecule has 4 aromatic rings. The normalized spacial score (nSPS) is 15.3. The maximum absolute atomic E-state index is 5.14. The van der Waals surface area contributed by atoms with Crippen LogP contribution in [0.4, 0.5) is 0 Å². The monoisotopic (exact) mass is 464 g/mol. The Hall–Kier alpha value is -3.17. The highest BCUT2D eigenvalue weighted by Gasteiger charge is 2.20. The summed E-state index contributed by atoms with van der Waals surface area (Å²) in [5, 5.41) is 12.3. The first-order chi connectivity index (χ1) is 16.2. The summed E-state index contributed by atoms with van der Waals surface area (Å²) >= 11 is 1.79. The topological polar surface area (TPSA) is 20.0 Å². The van der Waals surface area contributed by atoms with Gasteiger partial charge in [0.25, 0.3) is 0 Å². The van der Waals surface area contributed by atoms with Crippen LogP contribution in [0.3, 0.4) is 0 Å². The third kappa shape index (κ3) is 4.21. The van der Waals surface area contributed by atoms with Crippen molar-refractivity contribution in [3.63, 3.8) is 0 Å². The summed E-state index contributed by atoms with van der Waals surface area (Å²) in [5.41, 5.74) is 5.89. The number of fused-ring (bicyclic) bond motifs is 2. The van der Waals surface area contributed by atoms with Gasteiger partial charge in [0.15, 0.2) is 6.20 Å². The van der Waals surface area contributed by atoms with Crippen molar-refractivity contribution in [2.24, 2.45) is 5.92 Å². The molecule has 0 bridgehead atoms. The second kappa shape index (κ2) is 8.56. The first-order valence-corrected chi connectivity index (χ1v) is 12.9. The number of aromatic nitrogens is 1. The third-order valence-electron chi connectivity index (χ3n) is 6.40. The Kier molecular flexibility index (Phi) is 5.69. The van der Waals surface area contributed by atoms with Crippen LogP contribution in [0.5, 0.6) is 0 Å². The van der Waals surface area contributed by atoms with Crippen LogP contribution in [0.1, 0.15) is 46.6 Å². The van der Waals surface area contributed by atoms with Gasteiger partial charge < -0.3 is 5.32 Å². The lowest BCUT2D eigenvalue weighted by Gasteiger charge is -2.31. The molecular weight excluding hydrogens is 432 g/mol. The van der Waals surface area contributed by atoms with Crippen LogP contribution in [0.2, 0.25) is 0 Å². The van der Waals surface area contributed by atoms with Crippen molar-refractivity contribution in [3.8, 4) is 11.3 Å². The first-order valence-electron chi connectivity index (χ1n) is 12.0. The fraction of sp³-hybridized carbons (Fsp3) is 0.258. The molecule has 34 heavy (non-hydrogen) atoms. The zero-order valence-corrected chi connectivity index (χ0v) is 21.5. The summed E-state index contributed by atoms with van der Waals surface area (Å²) in [6.45, 7) is 15.7. The Morgan fingerprint density at radius 1 is 1.03 bits per heavy atom. The molecule has 172 valence electrons. The van der Waals surface area contributed by atoms with E-state index in [9.17, 15) is 0 Å². The molecule has 3 heteroatoms. The van der Waals surface area contributed by atoms with Gasteiger partial charge >= 0.3 is 0 Å². The van der Waals surface area contributed by atoms with E-state index in [2.05, 4.69) is 114 Å². The highest BCUT2D eigenvalue weighted by Crippen LogP contribution is 2.34. The summed E-state index contributed by atoms with van der Waals surface area (Å²) in [7, 11) is 0. The lowest BCUT2D eigenvalue weighted by molar-refractivity contribution is -0.486. The van der Waals surface area contributed by atoms with E-state index in [1.54, 1.807) is 11.3 Å². The number of benzene rings is 2. The zero-order chi connectivity index (χ0) is 24.0. The molecule has 0 N–H and O–H groups in total. The van der Waals surface area contributed by atoms with Gasteiger partial charge in [-0.15, -0.1) is 22.7 Å². The summed E-state index contributed by atoms with van der Waals surface area (Å²) in [5.74, 6) is 0.565. The van der Waals surface area contributed by atoms with E-state index in [0.717, 1.165) is 23.0 Å². The van der Waals surface area contributed by atoms with E-state index in [1.165, 1.54) is 37.3 Å². The molecule has 2 aromatic heterocycles. The van der Waals surface area contributed by atoms with Crippen molar-refractivity contribution >= 4 is 39.6 Å². The van der Waals surface area contributed by atoms with Gasteiger partial charge in [0.1, 0.15) is 6.72 Å². The summed E-state index contributed by atoms with van der Waals surface area (Å²) in [4.78, 5) is 0. The standard InChI is InChI=1S/C31H32N2S/c1-20(2)15-28-30-23(12-14-34-30)18-27(32-28)22-11-13-33(6)29(19-22)24-16-21-9-7-8-10-25(21)26(17-24)31(3,4)5/h7-14,16-20H,6,15H2,1-5H3. The number of thiophene rings is 1. The Bertz CT molecular complexity index is 1630. The lowest BCUT2D eigenvalue weighted by atomic mass is 9.82. The van der Waals surface area contributed by atoms with Crippen molar-refractivity contribution in [3.05, 3.63) is 98.7 Å². The average molecular weight is 465 g/mol. The molecule has 0 unspecified atom stereocenters. The number of hydrogen-bond acceptors (Lipinski definition) is 1. The minimum absolute atomic E-state index is 0.0382. The number of rotatable bonds is 3. The maximum Gasteiger partial charge on any atom is 0.217 e. The molecule has 2 nitrogen and oxygen atoms in total. The Balaban J connectivity index is 1.72. The van der Waals surface area contributed by atoms with Crippen molar-refractivity contribution < 1.29 is 4.24 Å². The second-order valence-corrected chi connectivity index (χ2v) is 11.6. The van der Waals surface area contributed by atoms with Crippen LogP contribution in [0, 0.1) is 12.6 Å². The van der Waals surface area contributed by atoms with Crippen molar-refractivity contribution in [2.75, 3.05) is 0 Å². The van der Waals surface area contributed by atoms with Gasteiger partial charge in [-0.1, -0.05) is 65.0 Å². The molecule has 0 saturated heterocycles. The molecular formula is C31H32N2S. The molecule has 0 atom stereocenters. The lowest BCUT2D eigenvalue weighted by Crippen LogP contribution is -2.27. The number of pyridine rings is 1. The zero-order valence-electron chi connectivity index (χ0n) is 20.7. The molecule has 0 amide bonds. The Labute approximate surface area is 205 Å². The molecule has 1 aliphatic rings. The molecule has 0 saturated carbocycles. The van der Waals surface area contributed by atoms with Gasteiger partial charge in [0, 0.05) is 22.2 Å². The van der Waals surface area contributed by atoms with E-state index in [4.69, 9.17) is 5.32 Å². The first kappa shape index (κ1) is 22.6. The molecule has 5 rings (SSSR count). The summed E-state index contributed by atoms with van der Waals surface area (Å²) in [6.07, 6.45) is 5.26. The van der Waals surface area contributed by atoms with Crippen LogP contribution in [-0.2, 0) is 5.41 Å². The van der Waals surface area contributed by atoms with E-state index in [-0.39, 0.29) is 5.41 Å². The van der Waals surface area contributed by atoms with Crippen LogP contribution in [0.25, 0.3) is 44.8 Å². The average Bonchev–Trinajstić information content (AvgIpc) is 3.27. The van der Waals surface area contributed by atoms with Crippen LogP contribution in [-0.4, -0.2) is 0 Å². The summed E-state index contributed by atoms with van der Waals surface area (Å²) < 4.78 is 3.28. The van der Waals surface area contributed by atoms with E-state index >= 15 is 0 Å². The quantitative estimate of drug-likeness (QED) is 0.335. The van der Waals surface area contributed by atoms with E-state index < -0.39 is 0 Å². The molecule has 0 spiro atoms. The fourth-order valence-corrected chi connectivity index (χ4v) is 5.61. The van der Waals surface area contributed by atoms with E-state index in [0.29, 0.717) is 5.92 Å². The van der Waals surface area contributed by atoms with Gasteiger partial charge in [0.05, 0.1) is 0 Å². The van der Waals surface area contributed by atoms with Crippen molar-refractivity contribution in [1.29, 1.82) is 0 Å². The SMILES string of the molecule is C=[n+]1ccc(=C2C=c3ccsc3=C(CC(C)C)[N-]2)cc1-c1cc(C(C)(C)C)c2ccccc2c1. The highest BCUT2D eigenvalue weighted by atomic mass is 32.1. The third-order valence-corrected chi connectivity index (χ3v) is 7.38. The smallest absolute Gasteiger partial charge is 0.217 e. The highest BCUT2D eigenvalue weighted by molar-refractivity contribution is 7.07. The number of hydrogen-bond donors (Lipinski definition) is 0. The largest absolute Gasteiger partial charge is 0.660 e. The molecule has 2 aromatic carbocycles. The molecule has 3 heterocycles. The van der Waals surface area contributed by atoms with Crippen LogP contribution < -0.4 is 19.2 Å². The number of nitrogens with zero attached hydrogens (tertiary/aromatic N) is 2. The molecule has 1 aliphatic heterocycles. The molecule has 0 aliphatic carbocycles. The van der Waals surface area contributed by atoms with Crippen LogP contribution in [0.15, 0.2) is 66.2 Å². The Morgan fingerprint density at radius 2 is 1.82 bits per heavy atom. The second-order valence-electron chi connectivity index (χ2n) is 10.7. The fourth-order valence-electron chi connectivity index (χ4n) is 4.73. The molecule has 0 fully saturated rings. The predicted octanol–water partition coefficient (Wildman–Crippen LogP) is 5.92. The van der Waals surface area contributed by atoms with Gasteiger partial charge in [-0.05, 0) is 68.1 Å². The van der Waals surface area contributed by atoms with Gasteiger partial charge in [-0.25, -0.2) is 0 Å². The van der Waals surface area contributed by atoms with Crippen LogP contribution >= 0.6 is 11.3 Å². The predicted molar refractivity (Wildman–Crippen MR) is 146 cm³/mol. The van der Waals surface area contributed by atoms with Gasteiger partial charge in [-0.2, -0.15) is 4.24 Å². The maximum atomic E-state index is 5.14. The van der Waals surface area contributed by atoms with Crippen molar-refractivity contribution in [2.45, 2.75) is 46.5 Å². The van der Waals surface area contributed by atoms with Gasteiger partial charge in [0.2, 0.25) is 5.69 Å². The minimum atomic E-state index is 0.0382. The summed E-state index contributed by atoms with van der Waals surface area (Å²) in [6, 6.07) is 19.9. The van der Waals surface area contributed by atoms with Gasteiger partial charge in [-0.3, -0.25) is 0 Å². The molecule has 0 radical (unpaired) electrons. The van der Waals surface area contributed by atoms with E-state index in [1.807, 2.05) is 4.24 Å². The minimum Gasteiger partial charge on any atom is -0.660 e.